The molecule has 0 aliphatic rings. The van der Waals surface area contributed by atoms with Crippen LogP contribution in [0.5, 0.6) is 11.6 Å². The zero-order valence-electron chi connectivity index (χ0n) is 16.2. The summed E-state index contributed by atoms with van der Waals surface area (Å²) in [6, 6.07) is 9.47. The average molecular weight is 441 g/mol. The molecule has 3 heterocycles. The van der Waals surface area contributed by atoms with Crippen molar-refractivity contribution in [3.05, 3.63) is 75.9 Å². The van der Waals surface area contributed by atoms with Crippen molar-refractivity contribution in [2.24, 2.45) is 0 Å². The van der Waals surface area contributed by atoms with Crippen molar-refractivity contribution in [3.8, 4) is 17.7 Å². The SMILES string of the molecule is COc1ccc(C(C#N)=Cc2c(Cl)cncc2Cl)nc1OCCCc1ccncc1. The van der Waals surface area contributed by atoms with Crippen molar-refractivity contribution in [2.75, 3.05) is 13.7 Å². The van der Waals surface area contributed by atoms with Gasteiger partial charge in [0.15, 0.2) is 5.75 Å². The second-order valence-corrected chi connectivity index (χ2v) is 7.01. The van der Waals surface area contributed by atoms with Gasteiger partial charge in [0.05, 0.1) is 35.0 Å². The molecule has 0 saturated carbocycles. The van der Waals surface area contributed by atoms with Crippen LogP contribution in [0.15, 0.2) is 49.1 Å². The Morgan fingerprint density at radius 3 is 2.50 bits per heavy atom. The number of methoxy groups -OCH3 is 1. The van der Waals surface area contributed by atoms with Crippen LogP contribution in [0.25, 0.3) is 11.6 Å². The maximum atomic E-state index is 9.64. The second-order valence-electron chi connectivity index (χ2n) is 6.20. The van der Waals surface area contributed by atoms with Crippen LogP contribution in [0.4, 0.5) is 0 Å². The maximum absolute atomic E-state index is 9.64. The number of nitriles is 1. The minimum atomic E-state index is 0.286. The number of hydrogen-bond donors (Lipinski definition) is 0. The van der Waals surface area contributed by atoms with Gasteiger partial charge in [-0.1, -0.05) is 23.2 Å². The zero-order valence-corrected chi connectivity index (χ0v) is 17.7. The van der Waals surface area contributed by atoms with E-state index >= 15 is 0 Å². The quantitative estimate of drug-likeness (QED) is 0.350. The van der Waals surface area contributed by atoms with E-state index in [4.69, 9.17) is 32.7 Å². The fraction of sp³-hybridized carbons (Fsp3) is 0.182. The minimum absolute atomic E-state index is 0.286. The Hall–Kier alpha value is -3.14. The van der Waals surface area contributed by atoms with Crippen LogP contribution in [0, 0.1) is 11.3 Å². The fourth-order valence-electron chi connectivity index (χ4n) is 2.70. The Balaban J connectivity index is 1.79. The Labute approximate surface area is 184 Å². The van der Waals surface area contributed by atoms with Crippen LogP contribution in [0.1, 0.15) is 23.2 Å². The van der Waals surface area contributed by atoms with Crippen LogP contribution in [0.2, 0.25) is 10.0 Å². The number of ether oxygens (including phenoxy) is 2. The van der Waals surface area contributed by atoms with E-state index in [-0.39, 0.29) is 5.57 Å². The highest BCUT2D eigenvalue weighted by atomic mass is 35.5. The highest BCUT2D eigenvalue weighted by Crippen LogP contribution is 2.30. The summed E-state index contributed by atoms with van der Waals surface area (Å²) in [5.74, 6) is 0.803. The average Bonchev–Trinajstić information content (AvgIpc) is 2.77. The number of nitrogens with zero attached hydrogens (tertiary/aromatic N) is 4. The molecule has 8 heteroatoms. The standard InChI is InChI=1S/C22H18Cl2N4O2/c1-29-21-5-4-20(16(12-25)11-17-18(23)13-27-14-19(17)24)28-22(21)30-10-2-3-15-6-8-26-9-7-15/h4-9,11,13-14H,2-3,10H2,1H3. The van der Waals surface area contributed by atoms with Crippen LogP contribution < -0.4 is 9.47 Å². The number of aromatic nitrogens is 3. The van der Waals surface area contributed by atoms with E-state index in [0.717, 1.165) is 12.8 Å². The number of aryl methyl sites for hydroxylation is 1. The summed E-state index contributed by atoms with van der Waals surface area (Å²) in [5.41, 5.74) is 2.39. The first-order valence-corrected chi connectivity index (χ1v) is 9.86. The molecule has 0 aromatic carbocycles. The van der Waals surface area contributed by atoms with Gasteiger partial charge < -0.3 is 9.47 Å². The van der Waals surface area contributed by atoms with Gasteiger partial charge >= 0.3 is 0 Å². The van der Waals surface area contributed by atoms with E-state index in [1.54, 1.807) is 30.6 Å². The van der Waals surface area contributed by atoms with Crippen molar-refractivity contribution in [2.45, 2.75) is 12.8 Å². The molecular weight excluding hydrogens is 423 g/mol. The molecule has 3 aromatic heterocycles. The predicted molar refractivity (Wildman–Crippen MR) is 117 cm³/mol. The van der Waals surface area contributed by atoms with Gasteiger partial charge in [-0.15, -0.1) is 0 Å². The van der Waals surface area contributed by atoms with E-state index in [1.165, 1.54) is 25.1 Å². The molecule has 30 heavy (non-hydrogen) atoms. The molecule has 0 amide bonds. The molecule has 3 rings (SSSR count). The number of halogens is 2. The number of allylic oxidation sites excluding steroid dienone is 1. The summed E-state index contributed by atoms with van der Waals surface area (Å²) in [6.45, 7) is 0.447. The highest BCUT2D eigenvalue weighted by Gasteiger charge is 2.13. The summed E-state index contributed by atoms with van der Waals surface area (Å²) in [6.07, 6.45) is 9.69. The smallest absolute Gasteiger partial charge is 0.257 e. The third kappa shape index (κ3) is 5.47. The molecule has 0 atom stereocenters. The van der Waals surface area contributed by atoms with Crippen LogP contribution in [-0.4, -0.2) is 28.7 Å². The van der Waals surface area contributed by atoms with Crippen molar-refractivity contribution >= 4 is 34.9 Å². The van der Waals surface area contributed by atoms with Crippen LogP contribution in [0.3, 0.4) is 0 Å². The topological polar surface area (TPSA) is 80.9 Å². The summed E-state index contributed by atoms with van der Waals surface area (Å²) in [7, 11) is 1.54. The predicted octanol–water partition coefficient (Wildman–Crippen LogP) is 5.26. The molecule has 0 unspecified atom stereocenters. The zero-order chi connectivity index (χ0) is 21.3. The Bertz CT molecular complexity index is 1060. The number of hydrogen-bond acceptors (Lipinski definition) is 6. The first kappa shape index (κ1) is 21.6. The summed E-state index contributed by atoms with van der Waals surface area (Å²) < 4.78 is 11.2. The molecule has 6 nitrogen and oxygen atoms in total. The molecule has 0 N–H and O–H groups in total. The molecule has 152 valence electrons. The molecule has 0 aliphatic heterocycles. The first-order chi connectivity index (χ1) is 14.6. The lowest BCUT2D eigenvalue weighted by atomic mass is 10.1. The van der Waals surface area contributed by atoms with Gasteiger partial charge in [-0.2, -0.15) is 5.26 Å². The maximum Gasteiger partial charge on any atom is 0.257 e. The second kappa shape index (κ2) is 10.6. The summed E-state index contributed by atoms with van der Waals surface area (Å²) in [4.78, 5) is 12.4. The van der Waals surface area contributed by atoms with E-state index in [2.05, 4.69) is 21.0 Å². The number of pyridine rings is 3. The number of rotatable bonds is 8. The van der Waals surface area contributed by atoms with Gasteiger partial charge in [0.2, 0.25) is 0 Å². The third-order valence-electron chi connectivity index (χ3n) is 4.22. The van der Waals surface area contributed by atoms with E-state index in [9.17, 15) is 5.26 Å². The normalized spacial score (nSPS) is 11.1. The van der Waals surface area contributed by atoms with Gasteiger partial charge in [0.1, 0.15) is 6.07 Å². The van der Waals surface area contributed by atoms with Crippen molar-refractivity contribution < 1.29 is 9.47 Å². The van der Waals surface area contributed by atoms with E-state index in [1.807, 2.05) is 12.1 Å². The van der Waals surface area contributed by atoms with Crippen molar-refractivity contribution in [1.82, 2.24) is 15.0 Å². The molecule has 0 saturated heterocycles. The third-order valence-corrected chi connectivity index (χ3v) is 4.82. The Kier molecular flexibility index (Phi) is 7.61. The lowest BCUT2D eigenvalue weighted by molar-refractivity contribution is 0.277. The van der Waals surface area contributed by atoms with Gasteiger partial charge in [0, 0.05) is 30.4 Å². The van der Waals surface area contributed by atoms with E-state index in [0.29, 0.717) is 39.5 Å². The molecule has 0 fully saturated rings. The lowest BCUT2D eigenvalue weighted by Crippen LogP contribution is -2.04. The summed E-state index contributed by atoms with van der Waals surface area (Å²) >= 11 is 12.3. The monoisotopic (exact) mass is 440 g/mol. The molecular formula is C22H18Cl2N4O2. The molecule has 0 radical (unpaired) electrons. The van der Waals surface area contributed by atoms with Crippen LogP contribution in [-0.2, 0) is 6.42 Å². The molecule has 0 bridgehead atoms. The lowest BCUT2D eigenvalue weighted by Gasteiger charge is -2.11. The minimum Gasteiger partial charge on any atom is -0.491 e. The largest absolute Gasteiger partial charge is 0.491 e. The molecule has 3 aromatic rings. The van der Waals surface area contributed by atoms with Gasteiger partial charge in [-0.25, -0.2) is 4.98 Å². The van der Waals surface area contributed by atoms with Gasteiger partial charge in [0.25, 0.3) is 5.88 Å². The van der Waals surface area contributed by atoms with Crippen molar-refractivity contribution in [1.29, 1.82) is 5.26 Å². The highest BCUT2D eigenvalue weighted by molar-refractivity contribution is 6.37. The summed E-state index contributed by atoms with van der Waals surface area (Å²) in [5, 5.41) is 10.3. The Morgan fingerprint density at radius 2 is 1.83 bits per heavy atom. The van der Waals surface area contributed by atoms with E-state index < -0.39 is 0 Å². The molecule has 0 aliphatic carbocycles. The van der Waals surface area contributed by atoms with Gasteiger partial charge in [-0.05, 0) is 48.7 Å². The molecule has 0 spiro atoms. The van der Waals surface area contributed by atoms with Crippen molar-refractivity contribution in [3.63, 3.8) is 0 Å². The first-order valence-electron chi connectivity index (χ1n) is 9.10. The van der Waals surface area contributed by atoms with Crippen LogP contribution >= 0.6 is 23.2 Å². The fourth-order valence-corrected chi connectivity index (χ4v) is 3.17. The Morgan fingerprint density at radius 1 is 1.10 bits per heavy atom. The van der Waals surface area contributed by atoms with Gasteiger partial charge in [-0.3, -0.25) is 9.97 Å².